The molecule has 2 aromatic carbocycles. The fourth-order valence-electron chi connectivity index (χ4n) is 2.45. The normalized spacial score (nSPS) is 10.3. The maximum Gasteiger partial charge on any atom is 0.251 e. The first kappa shape index (κ1) is 16.7. The van der Waals surface area contributed by atoms with Gasteiger partial charge in [0.1, 0.15) is 11.5 Å². The SMILES string of the molecule is COc1cccc(OC)c1CNC(=O)c1cc(C)c(N)cc1C. The zero-order chi connectivity index (χ0) is 17.0. The van der Waals surface area contributed by atoms with Crippen molar-refractivity contribution in [2.75, 3.05) is 20.0 Å². The van der Waals surface area contributed by atoms with Gasteiger partial charge >= 0.3 is 0 Å². The zero-order valence-electron chi connectivity index (χ0n) is 13.9. The van der Waals surface area contributed by atoms with Crippen molar-refractivity contribution in [1.82, 2.24) is 5.32 Å². The lowest BCUT2D eigenvalue weighted by atomic mass is 10.0. The Morgan fingerprint density at radius 3 is 2.26 bits per heavy atom. The molecule has 2 aromatic rings. The van der Waals surface area contributed by atoms with Gasteiger partial charge in [-0.15, -0.1) is 0 Å². The Kier molecular flexibility index (Phi) is 5.11. The number of nitrogens with two attached hydrogens (primary N) is 1. The van der Waals surface area contributed by atoms with Crippen LogP contribution < -0.4 is 20.5 Å². The molecule has 0 aliphatic rings. The summed E-state index contributed by atoms with van der Waals surface area (Å²) in [6.45, 7) is 4.07. The van der Waals surface area contributed by atoms with E-state index in [2.05, 4.69) is 5.32 Å². The summed E-state index contributed by atoms with van der Waals surface area (Å²) >= 11 is 0. The summed E-state index contributed by atoms with van der Waals surface area (Å²) < 4.78 is 10.7. The van der Waals surface area contributed by atoms with Gasteiger partial charge in [-0.2, -0.15) is 0 Å². The molecule has 0 aromatic heterocycles. The number of hydrogen-bond donors (Lipinski definition) is 2. The summed E-state index contributed by atoms with van der Waals surface area (Å²) in [5.41, 5.74) is 9.70. The number of nitrogen functional groups attached to an aromatic ring is 1. The van der Waals surface area contributed by atoms with E-state index in [-0.39, 0.29) is 5.91 Å². The van der Waals surface area contributed by atoms with Crippen LogP contribution in [0.4, 0.5) is 5.69 Å². The van der Waals surface area contributed by atoms with Gasteiger partial charge in [0.2, 0.25) is 0 Å². The van der Waals surface area contributed by atoms with Gasteiger partial charge in [-0.3, -0.25) is 4.79 Å². The van der Waals surface area contributed by atoms with Crippen LogP contribution in [-0.4, -0.2) is 20.1 Å². The van der Waals surface area contributed by atoms with Gasteiger partial charge in [-0.1, -0.05) is 6.07 Å². The van der Waals surface area contributed by atoms with E-state index < -0.39 is 0 Å². The van der Waals surface area contributed by atoms with Crippen molar-refractivity contribution in [3.05, 3.63) is 52.6 Å². The van der Waals surface area contributed by atoms with Crippen LogP contribution in [0.3, 0.4) is 0 Å². The average Bonchev–Trinajstić information content (AvgIpc) is 2.55. The Balaban J connectivity index is 2.22. The topological polar surface area (TPSA) is 73.6 Å². The first-order valence-corrected chi connectivity index (χ1v) is 7.32. The molecule has 0 radical (unpaired) electrons. The second kappa shape index (κ2) is 7.05. The first-order chi connectivity index (χ1) is 11.0. The molecule has 0 bridgehead atoms. The van der Waals surface area contributed by atoms with Crippen molar-refractivity contribution in [3.63, 3.8) is 0 Å². The van der Waals surface area contributed by atoms with Gasteiger partial charge in [0.05, 0.1) is 26.3 Å². The second-order valence-electron chi connectivity index (χ2n) is 5.35. The molecule has 0 spiro atoms. The maximum atomic E-state index is 12.5. The molecule has 0 aliphatic heterocycles. The van der Waals surface area contributed by atoms with Gasteiger partial charge in [-0.25, -0.2) is 0 Å². The van der Waals surface area contributed by atoms with E-state index in [1.807, 2.05) is 38.1 Å². The summed E-state index contributed by atoms with van der Waals surface area (Å²) in [5, 5.41) is 2.91. The number of ether oxygens (including phenoxy) is 2. The number of benzene rings is 2. The summed E-state index contributed by atoms with van der Waals surface area (Å²) in [6.07, 6.45) is 0. The highest BCUT2D eigenvalue weighted by atomic mass is 16.5. The predicted octanol–water partition coefficient (Wildman–Crippen LogP) is 2.83. The fraction of sp³-hybridized carbons (Fsp3) is 0.278. The molecule has 0 saturated carbocycles. The molecule has 5 heteroatoms. The Morgan fingerprint density at radius 2 is 1.70 bits per heavy atom. The Morgan fingerprint density at radius 1 is 1.09 bits per heavy atom. The highest BCUT2D eigenvalue weighted by Gasteiger charge is 2.14. The molecule has 0 fully saturated rings. The minimum Gasteiger partial charge on any atom is -0.496 e. The number of nitrogens with one attached hydrogen (secondary N) is 1. The fourth-order valence-corrected chi connectivity index (χ4v) is 2.45. The lowest BCUT2D eigenvalue weighted by molar-refractivity contribution is 0.0950. The number of hydrogen-bond acceptors (Lipinski definition) is 4. The third-order valence-corrected chi connectivity index (χ3v) is 3.81. The Labute approximate surface area is 136 Å². The van der Waals surface area contributed by atoms with E-state index in [1.165, 1.54) is 0 Å². The largest absolute Gasteiger partial charge is 0.496 e. The van der Waals surface area contributed by atoms with Gasteiger partial charge in [0, 0.05) is 11.3 Å². The highest BCUT2D eigenvalue weighted by molar-refractivity contribution is 5.96. The van der Waals surface area contributed by atoms with Gasteiger partial charge in [-0.05, 0) is 49.2 Å². The van der Waals surface area contributed by atoms with E-state index in [0.29, 0.717) is 29.3 Å². The number of carbonyl (C=O) groups is 1. The number of carbonyl (C=O) groups excluding carboxylic acids is 1. The van der Waals surface area contributed by atoms with Gasteiger partial charge < -0.3 is 20.5 Å². The molecule has 0 heterocycles. The number of methoxy groups -OCH3 is 2. The third kappa shape index (κ3) is 3.56. The Bertz CT molecular complexity index is 704. The molecule has 5 nitrogen and oxygen atoms in total. The monoisotopic (exact) mass is 314 g/mol. The highest BCUT2D eigenvalue weighted by Crippen LogP contribution is 2.28. The molecular formula is C18H22N2O3. The van der Waals surface area contributed by atoms with Crippen molar-refractivity contribution >= 4 is 11.6 Å². The van der Waals surface area contributed by atoms with E-state index in [1.54, 1.807) is 20.3 Å². The number of aryl methyl sites for hydroxylation is 2. The van der Waals surface area contributed by atoms with Crippen molar-refractivity contribution in [3.8, 4) is 11.5 Å². The Hall–Kier alpha value is -2.69. The van der Waals surface area contributed by atoms with E-state index in [0.717, 1.165) is 16.7 Å². The lowest BCUT2D eigenvalue weighted by Crippen LogP contribution is -2.24. The van der Waals surface area contributed by atoms with Crippen molar-refractivity contribution in [1.29, 1.82) is 0 Å². The zero-order valence-corrected chi connectivity index (χ0v) is 13.9. The molecule has 23 heavy (non-hydrogen) atoms. The van der Waals surface area contributed by atoms with Gasteiger partial charge in [0.15, 0.2) is 0 Å². The molecule has 1 amide bonds. The minimum atomic E-state index is -0.154. The van der Waals surface area contributed by atoms with Crippen LogP contribution in [0.2, 0.25) is 0 Å². The summed E-state index contributed by atoms with van der Waals surface area (Å²) in [7, 11) is 3.18. The van der Waals surface area contributed by atoms with Crippen molar-refractivity contribution < 1.29 is 14.3 Å². The molecule has 2 rings (SSSR count). The van der Waals surface area contributed by atoms with Crippen LogP contribution in [0.1, 0.15) is 27.0 Å². The van der Waals surface area contributed by atoms with E-state index in [9.17, 15) is 4.79 Å². The second-order valence-corrected chi connectivity index (χ2v) is 5.35. The number of anilines is 1. The lowest BCUT2D eigenvalue weighted by Gasteiger charge is -2.15. The third-order valence-electron chi connectivity index (χ3n) is 3.81. The van der Waals surface area contributed by atoms with Crippen LogP contribution >= 0.6 is 0 Å². The molecule has 0 atom stereocenters. The summed E-state index contributed by atoms with van der Waals surface area (Å²) in [6, 6.07) is 9.13. The van der Waals surface area contributed by atoms with Crippen LogP contribution in [0, 0.1) is 13.8 Å². The predicted molar refractivity (Wildman–Crippen MR) is 91.0 cm³/mol. The van der Waals surface area contributed by atoms with Crippen LogP contribution in [-0.2, 0) is 6.54 Å². The summed E-state index contributed by atoms with van der Waals surface area (Å²) in [5.74, 6) is 1.20. The average molecular weight is 314 g/mol. The van der Waals surface area contributed by atoms with Crippen LogP contribution in [0.25, 0.3) is 0 Å². The van der Waals surface area contributed by atoms with Crippen molar-refractivity contribution in [2.24, 2.45) is 0 Å². The van der Waals surface area contributed by atoms with E-state index >= 15 is 0 Å². The van der Waals surface area contributed by atoms with Crippen LogP contribution in [0.15, 0.2) is 30.3 Å². The maximum absolute atomic E-state index is 12.5. The molecule has 122 valence electrons. The smallest absolute Gasteiger partial charge is 0.251 e. The quantitative estimate of drug-likeness (QED) is 0.832. The molecule has 0 saturated heterocycles. The molecular weight excluding hydrogens is 292 g/mol. The standard InChI is InChI=1S/C18H22N2O3/c1-11-9-15(19)12(2)8-13(11)18(21)20-10-14-16(22-3)6-5-7-17(14)23-4/h5-9H,10,19H2,1-4H3,(H,20,21). The van der Waals surface area contributed by atoms with Gasteiger partial charge in [0.25, 0.3) is 5.91 Å². The molecule has 3 N–H and O–H groups in total. The first-order valence-electron chi connectivity index (χ1n) is 7.32. The minimum absolute atomic E-state index is 0.154. The van der Waals surface area contributed by atoms with E-state index in [4.69, 9.17) is 15.2 Å². The van der Waals surface area contributed by atoms with Crippen molar-refractivity contribution in [2.45, 2.75) is 20.4 Å². The number of rotatable bonds is 5. The molecule has 0 unspecified atom stereocenters. The molecule has 0 aliphatic carbocycles. The van der Waals surface area contributed by atoms with Crippen LogP contribution in [0.5, 0.6) is 11.5 Å². The number of amides is 1. The summed E-state index contributed by atoms with van der Waals surface area (Å²) in [4.78, 5) is 12.5.